The molecule has 7 heteroatoms. The molecule has 0 aromatic heterocycles. The topological polar surface area (TPSA) is 87.3 Å². The van der Waals surface area contributed by atoms with Crippen molar-refractivity contribution >= 4 is 15.9 Å². The monoisotopic (exact) mass is 305 g/mol. The van der Waals surface area contributed by atoms with Gasteiger partial charge in [-0.05, 0) is 32.2 Å². The van der Waals surface area contributed by atoms with E-state index in [9.17, 15) is 13.2 Å². The van der Waals surface area contributed by atoms with Gasteiger partial charge in [-0.25, -0.2) is 13.1 Å². The van der Waals surface area contributed by atoms with Crippen LogP contribution in [0.3, 0.4) is 0 Å². The van der Waals surface area contributed by atoms with Crippen LogP contribution in [-0.2, 0) is 14.8 Å². The number of hydrogen-bond acceptors (Lipinski definition) is 4. The van der Waals surface area contributed by atoms with Gasteiger partial charge >= 0.3 is 0 Å². The molecule has 1 heterocycles. The Morgan fingerprint density at radius 2 is 2.10 bits per heavy atom. The number of piperidine rings is 1. The zero-order chi connectivity index (χ0) is 14.8. The molecule has 1 aliphatic heterocycles. The van der Waals surface area contributed by atoms with Crippen LogP contribution in [0.2, 0.25) is 0 Å². The van der Waals surface area contributed by atoms with Crippen molar-refractivity contribution in [2.24, 2.45) is 0 Å². The molecule has 0 spiro atoms. The van der Waals surface area contributed by atoms with Gasteiger partial charge in [0.05, 0.1) is 5.75 Å². The van der Waals surface area contributed by atoms with Gasteiger partial charge in [-0.15, -0.1) is 0 Å². The van der Waals surface area contributed by atoms with Crippen molar-refractivity contribution in [3.05, 3.63) is 0 Å². The minimum absolute atomic E-state index is 0.108. The molecule has 0 bridgehead atoms. The zero-order valence-electron chi connectivity index (χ0n) is 12.3. The normalized spacial score (nSPS) is 19.8. The fraction of sp³-hybridized carbons (Fsp3) is 0.923. The third kappa shape index (κ3) is 7.81. The fourth-order valence-corrected chi connectivity index (χ4v) is 3.37. The zero-order valence-corrected chi connectivity index (χ0v) is 13.1. The van der Waals surface area contributed by atoms with E-state index in [-0.39, 0.29) is 24.6 Å². The summed E-state index contributed by atoms with van der Waals surface area (Å²) >= 11 is 0. The van der Waals surface area contributed by atoms with Crippen molar-refractivity contribution in [2.45, 2.75) is 51.5 Å². The maximum absolute atomic E-state index is 11.8. The van der Waals surface area contributed by atoms with Crippen molar-refractivity contribution in [2.75, 3.05) is 25.4 Å². The molecule has 0 aromatic carbocycles. The van der Waals surface area contributed by atoms with Crippen molar-refractivity contribution in [1.29, 1.82) is 0 Å². The molecule has 0 saturated carbocycles. The van der Waals surface area contributed by atoms with Gasteiger partial charge in [0.25, 0.3) is 0 Å². The third-order valence-corrected chi connectivity index (χ3v) is 4.81. The van der Waals surface area contributed by atoms with Gasteiger partial charge < -0.3 is 10.6 Å². The summed E-state index contributed by atoms with van der Waals surface area (Å²) in [6.45, 7) is 3.77. The first-order chi connectivity index (χ1) is 9.53. The Kier molecular flexibility index (Phi) is 8.09. The summed E-state index contributed by atoms with van der Waals surface area (Å²) in [5, 5.41) is 6.05. The van der Waals surface area contributed by atoms with Gasteiger partial charge in [-0.3, -0.25) is 4.79 Å². The lowest BCUT2D eigenvalue weighted by atomic mass is 10.0. The molecule has 118 valence electrons. The van der Waals surface area contributed by atoms with E-state index in [1.54, 1.807) is 0 Å². The molecule has 1 aliphatic rings. The first-order valence-electron chi connectivity index (χ1n) is 7.51. The van der Waals surface area contributed by atoms with Gasteiger partial charge in [0, 0.05) is 25.6 Å². The van der Waals surface area contributed by atoms with Crippen molar-refractivity contribution in [1.82, 2.24) is 15.4 Å². The van der Waals surface area contributed by atoms with E-state index in [1.165, 1.54) is 12.8 Å². The third-order valence-electron chi connectivity index (χ3n) is 3.39. The second kappa shape index (κ2) is 9.31. The first-order valence-corrected chi connectivity index (χ1v) is 9.16. The number of amides is 1. The largest absolute Gasteiger partial charge is 0.356 e. The Balaban J connectivity index is 2.15. The Morgan fingerprint density at radius 3 is 2.75 bits per heavy atom. The number of carbonyl (C=O) groups excluding carboxylic acids is 1. The number of rotatable bonds is 9. The van der Waals surface area contributed by atoms with Crippen molar-refractivity contribution in [3.63, 3.8) is 0 Å². The lowest BCUT2D eigenvalue weighted by Crippen LogP contribution is -2.38. The molecule has 0 aliphatic carbocycles. The number of sulfonamides is 1. The highest BCUT2D eigenvalue weighted by atomic mass is 32.2. The highest BCUT2D eigenvalue weighted by Gasteiger charge is 2.17. The summed E-state index contributed by atoms with van der Waals surface area (Å²) in [5.41, 5.74) is 0. The molecule has 1 saturated heterocycles. The summed E-state index contributed by atoms with van der Waals surface area (Å²) < 4.78 is 26.1. The fourth-order valence-electron chi connectivity index (χ4n) is 2.21. The van der Waals surface area contributed by atoms with Crippen LogP contribution in [0.5, 0.6) is 0 Å². The molecule has 1 amide bonds. The molecule has 1 fully saturated rings. The summed E-state index contributed by atoms with van der Waals surface area (Å²) in [6, 6.07) is 0.313. The molecular weight excluding hydrogens is 278 g/mol. The van der Waals surface area contributed by atoms with Gasteiger partial charge in [-0.2, -0.15) is 0 Å². The summed E-state index contributed by atoms with van der Waals surface area (Å²) in [4.78, 5) is 11.3. The van der Waals surface area contributed by atoms with Crippen molar-refractivity contribution < 1.29 is 13.2 Å². The predicted octanol–water partition coefficient (Wildman–Crippen LogP) is 0.354. The average molecular weight is 305 g/mol. The van der Waals surface area contributed by atoms with E-state index in [0.717, 1.165) is 19.4 Å². The van der Waals surface area contributed by atoms with Gasteiger partial charge in [0.1, 0.15) is 0 Å². The molecule has 3 N–H and O–H groups in total. The quantitative estimate of drug-likeness (QED) is 0.574. The van der Waals surface area contributed by atoms with Crippen LogP contribution in [0.1, 0.15) is 45.4 Å². The van der Waals surface area contributed by atoms with E-state index in [0.29, 0.717) is 19.0 Å². The molecule has 1 unspecified atom stereocenters. The highest BCUT2D eigenvalue weighted by molar-refractivity contribution is 7.89. The first kappa shape index (κ1) is 17.4. The predicted molar refractivity (Wildman–Crippen MR) is 80.0 cm³/mol. The lowest BCUT2D eigenvalue weighted by molar-refractivity contribution is -0.120. The highest BCUT2D eigenvalue weighted by Crippen LogP contribution is 2.10. The number of nitrogens with one attached hydrogen (secondary N) is 3. The van der Waals surface area contributed by atoms with E-state index in [1.807, 2.05) is 6.92 Å². The smallest absolute Gasteiger partial charge is 0.221 e. The SMILES string of the molecule is CCCNC(=O)CCNS(=O)(=O)CCC1CCCCN1. The standard InChI is InChI=1S/C13H27N3O3S/c1-2-8-15-13(17)6-10-16-20(18,19)11-7-12-5-3-4-9-14-12/h12,14,16H,2-11H2,1H3,(H,15,17). The van der Waals surface area contributed by atoms with E-state index >= 15 is 0 Å². The maximum atomic E-state index is 11.8. The lowest BCUT2D eigenvalue weighted by Gasteiger charge is -2.23. The second-order valence-electron chi connectivity index (χ2n) is 5.25. The Bertz CT molecular complexity index is 378. The van der Waals surface area contributed by atoms with Crippen molar-refractivity contribution in [3.8, 4) is 0 Å². The van der Waals surface area contributed by atoms with Gasteiger partial charge in [0.2, 0.25) is 15.9 Å². The molecular formula is C13H27N3O3S. The van der Waals surface area contributed by atoms with Crippen LogP contribution in [0.25, 0.3) is 0 Å². The Morgan fingerprint density at radius 1 is 1.30 bits per heavy atom. The van der Waals surface area contributed by atoms with E-state index in [2.05, 4.69) is 15.4 Å². The summed E-state index contributed by atoms with van der Waals surface area (Å²) in [6.07, 6.45) is 5.11. The van der Waals surface area contributed by atoms with Crippen LogP contribution in [0.15, 0.2) is 0 Å². The van der Waals surface area contributed by atoms with Crippen LogP contribution in [0, 0.1) is 0 Å². The summed E-state index contributed by atoms with van der Waals surface area (Å²) in [5.74, 6) is 0.0184. The average Bonchev–Trinajstić information content (AvgIpc) is 2.44. The van der Waals surface area contributed by atoms with E-state index < -0.39 is 10.0 Å². The number of carbonyl (C=O) groups is 1. The van der Waals surface area contributed by atoms with Gasteiger partial charge in [0.15, 0.2) is 0 Å². The van der Waals surface area contributed by atoms with E-state index in [4.69, 9.17) is 0 Å². The second-order valence-corrected chi connectivity index (χ2v) is 7.18. The Labute approximate surface area is 122 Å². The molecule has 6 nitrogen and oxygen atoms in total. The molecule has 20 heavy (non-hydrogen) atoms. The minimum atomic E-state index is -3.27. The molecule has 1 atom stereocenters. The molecule has 1 rings (SSSR count). The maximum Gasteiger partial charge on any atom is 0.221 e. The molecule has 0 radical (unpaired) electrons. The Hall–Kier alpha value is -0.660. The minimum Gasteiger partial charge on any atom is -0.356 e. The van der Waals surface area contributed by atoms with Gasteiger partial charge in [-0.1, -0.05) is 13.3 Å². The number of hydrogen-bond donors (Lipinski definition) is 3. The van der Waals surface area contributed by atoms with Crippen LogP contribution >= 0.6 is 0 Å². The van der Waals surface area contributed by atoms with Crippen LogP contribution in [-0.4, -0.2) is 45.8 Å². The van der Waals surface area contributed by atoms with Crippen LogP contribution in [0.4, 0.5) is 0 Å². The molecule has 0 aromatic rings. The van der Waals surface area contributed by atoms with Crippen LogP contribution < -0.4 is 15.4 Å². The summed E-state index contributed by atoms with van der Waals surface area (Å²) in [7, 11) is -3.27.